The molecule has 1 amide bonds. The molecule has 1 unspecified atom stereocenters. The standard InChI is InChI=1S/C11H20N2O4.C2HF3O2/c1-11(2,3)17-10(15)13-6-5-12-8(7-13)9(14)16-4;3-2(4,5)1(6)7/h8,12H,5-7H2,1-4H3;(H,6,7). The van der Waals surface area contributed by atoms with E-state index in [2.05, 4.69) is 10.1 Å². The normalized spacial score (nSPS) is 18.1. The van der Waals surface area contributed by atoms with Crippen molar-refractivity contribution < 1.29 is 42.1 Å². The third-order valence-electron chi connectivity index (χ3n) is 2.56. The lowest BCUT2D eigenvalue weighted by Crippen LogP contribution is -2.56. The topological polar surface area (TPSA) is 105 Å². The molecule has 140 valence electrons. The molecule has 1 saturated heterocycles. The molecule has 0 aromatic carbocycles. The molecule has 0 spiro atoms. The summed E-state index contributed by atoms with van der Waals surface area (Å²) in [6, 6.07) is -0.471. The first-order valence-electron chi connectivity index (χ1n) is 6.87. The van der Waals surface area contributed by atoms with Crippen molar-refractivity contribution >= 4 is 18.0 Å². The number of carboxylic acids is 1. The van der Waals surface area contributed by atoms with Crippen molar-refractivity contribution in [3.63, 3.8) is 0 Å². The number of halogens is 3. The van der Waals surface area contributed by atoms with Crippen LogP contribution in [0.5, 0.6) is 0 Å². The van der Waals surface area contributed by atoms with Crippen molar-refractivity contribution in [1.29, 1.82) is 0 Å². The number of aliphatic carboxylic acids is 1. The molecule has 11 heteroatoms. The van der Waals surface area contributed by atoms with Crippen LogP contribution in [0.25, 0.3) is 0 Å². The first kappa shape index (κ1) is 22.0. The molecule has 24 heavy (non-hydrogen) atoms. The Morgan fingerprint density at radius 1 is 1.21 bits per heavy atom. The number of ether oxygens (including phenoxy) is 2. The molecule has 1 aliphatic rings. The van der Waals surface area contributed by atoms with Gasteiger partial charge < -0.3 is 24.8 Å². The fourth-order valence-electron chi connectivity index (χ4n) is 1.54. The number of alkyl halides is 3. The van der Waals surface area contributed by atoms with E-state index < -0.39 is 29.9 Å². The average Bonchev–Trinajstić information content (AvgIpc) is 2.44. The lowest BCUT2D eigenvalue weighted by molar-refractivity contribution is -0.192. The van der Waals surface area contributed by atoms with Gasteiger partial charge in [-0.25, -0.2) is 9.59 Å². The average molecular weight is 358 g/mol. The first-order valence-corrected chi connectivity index (χ1v) is 6.87. The maximum absolute atomic E-state index is 11.8. The van der Waals surface area contributed by atoms with Gasteiger partial charge in [-0.3, -0.25) is 4.79 Å². The van der Waals surface area contributed by atoms with Gasteiger partial charge in [0.2, 0.25) is 0 Å². The molecule has 1 heterocycles. The number of nitrogens with zero attached hydrogens (tertiary/aromatic N) is 1. The summed E-state index contributed by atoms with van der Waals surface area (Å²) in [5.41, 5.74) is -0.525. The highest BCUT2D eigenvalue weighted by molar-refractivity contribution is 5.77. The Labute approximate surface area is 136 Å². The lowest BCUT2D eigenvalue weighted by Gasteiger charge is -2.33. The van der Waals surface area contributed by atoms with E-state index >= 15 is 0 Å². The van der Waals surface area contributed by atoms with Gasteiger partial charge in [0.1, 0.15) is 11.6 Å². The van der Waals surface area contributed by atoms with Gasteiger partial charge in [-0.1, -0.05) is 0 Å². The van der Waals surface area contributed by atoms with Crippen LogP contribution in [0.15, 0.2) is 0 Å². The van der Waals surface area contributed by atoms with E-state index in [4.69, 9.17) is 14.6 Å². The number of amides is 1. The van der Waals surface area contributed by atoms with Crippen molar-refractivity contribution in [3.8, 4) is 0 Å². The predicted octanol–water partition coefficient (Wildman–Crippen LogP) is 1.00. The zero-order valence-corrected chi connectivity index (χ0v) is 13.8. The van der Waals surface area contributed by atoms with Crippen LogP contribution in [0.2, 0.25) is 0 Å². The molecule has 0 bridgehead atoms. The second-order valence-corrected chi connectivity index (χ2v) is 5.76. The molecule has 0 aliphatic carbocycles. The third kappa shape index (κ3) is 8.56. The molecule has 1 rings (SSSR count). The number of rotatable bonds is 1. The predicted molar refractivity (Wildman–Crippen MR) is 75.3 cm³/mol. The fraction of sp³-hybridized carbons (Fsp3) is 0.769. The van der Waals surface area contributed by atoms with E-state index in [0.717, 1.165) is 0 Å². The zero-order valence-electron chi connectivity index (χ0n) is 13.8. The minimum Gasteiger partial charge on any atom is -0.475 e. The summed E-state index contributed by atoms with van der Waals surface area (Å²) in [6.45, 7) is 6.80. The summed E-state index contributed by atoms with van der Waals surface area (Å²) < 4.78 is 41.6. The number of esters is 1. The van der Waals surface area contributed by atoms with Crippen LogP contribution in [-0.4, -0.2) is 72.6 Å². The summed E-state index contributed by atoms with van der Waals surface area (Å²) in [5.74, 6) is -3.12. The van der Waals surface area contributed by atoms with Gasteiger partial charge in [-0.15, -0.1) is 0 Å². The summed E-state index contributed by atoms with van der Waals surface area (Å²) in [4.78, 5) is 33.6. The minimum atomic E-state index is -5.08. The number of hydrogen-bond acceptors (Lipinski definition) is 6. The molecular weight excluding hydrogens is 337 g/mol. The number of piperazine rings is 1. The highest BCUT2D eigenvalue weighted by Crippen LogP contribution is 2.13. The van der Waals surface area contributed by atoms with Crippen LogP contribution in [0.4, 0.5) is 18.0 Å². The number of carbonyl (C=O) groups is 3. The third-order valence-corrected chi connectivity index (χ3v) is 2.56. The van der Waals surface area contributed by atoms with Crippen LogP contribution in [-0.2, 0) is 19.1 Å². The van der Waals surface area contributed by atoms with Crippen molar-refractivity contribution in [2.24, 2.45) is 0 Å². The maximum Gasteiger partial charge on any atom is 0.490 e. The highest BCUT2D eigenvalue weighted by atomic mass is 19.4. The Hall–Kier alpha value is -2.04. The largest absolute Gasteiger partial charge is 0.490 e. The first-order chi connectivity index (χ1) is 10.8. The molecule has 0 radical (unpaired) electrons. The quantitative estimate of drug-likeness (QED) is 0.674. The molecule has 0 aromatic rings. The molecule has 1 aliphatic heterocycles. The second-order valence-electron chi connectivity index (χ2n) is 5.76. The van der Waals surface area contributed by atoms with E-state index in [1.54, 1.807) is 0 Å². The Morgan fingerprint density at radius 2 is 1.71 bits per heavy atom. The summed E-state index contributed by atoms with van der Waals surface area (Å²) in [7, 11) is 1.33. The van der Waals surface area contributed by atoms with Gasteiger partial charge in [-0.05, 0) is 20.8 Å². The summed E-state index contributed by atoms with van der Waals surface area (Å²) >= 11 is 0. The van der Waals surface area contributed by atoms with Gasteiger partial charge in [0.25, 0.3) is 0 Å². The summed E-state index contributed by atoms with van der Waals surface area (Å²) in [6.07, 6.45) is -5.48. The molecule has 1 atom stereocenters. The van der Waals surface area contributed by atoms with E-state index in [9.17, 15) is 22.8 Å². The Balaban J connectivity index is 0.000000640. The van der Waals surface area contributed by atoms with Gasteiger partial charge >= 0.3 is 24.2 Å². The fourth-order valence-corrected chi connectivity index (χ4v) is 1.54. The molecule has 2 N–H and O–H groups in total. The number of hydrogen-bond donors (Lipinski definition) is 2. The number of nitrogens with one attached hydrogen (secondary N) is 1. The van der Waals surface area contributed by atoms with E-state index in [1.807, 2.05) is 20.8 Å². The van der Waals surface area contributed by atoms with Gasteiger partial charge in [-0.2, -0.15) is 13.2 Å². The van der Waals surface area contributed by atoms with Crippen LogP contribution in [0.1, 0.15) is 20.8 Å². The van der Waals surface area contributed by atoms with Gasteiger partial charge in [0, 0.05) is 13.1 Å². The van der Waals surface area contributed by atoms with Crippen LogP contribution in [0.3, 0.4) is 0 Å². The molecule has 8 nitrogen and oxygen atoms in total. The van der Waals surface area contributed by atoms with E-state index in [1.165, 1.54) is 12.0 Å². The van der Waals surface area contributed by atoms with Gasteiger partial charge in [0.15, 0.2) is 0 Å². The number of carboxylic acid groups (broad SMARTS) is 1. The molecular formula is C13H21F3N2O6. The van der Waals surface area contributed by atoms with Crippen LogP contribution < -0.4 is 5.32 Å². The Bertz CT molecular complexity index is 462. The lowest BCUT2D eigenvalue weighted by atomic mass is 10.2. The van der Waals surface area contributed by atoms with Gasteiger partial charge in [0.05, 0.1) is 13.7 Å². The van der Waals surface area contributed by atoms with Crippen molar-refractivity contribution in [2.45, 2.75) is 38.6 Å². The molecule has 0 aromatic heterocycles. The monoisotopic (exact) mass is 358 g/mol. The molecule has 0 saturated carbocycles. The minimum absolute atomic E-state index is 0.279. The maximum atomic E-state index is 11.8. The Morgan fingerprint density at radius 3 is 2.08 bits per heavy atom. The zero-order chi connectivity index (χ0) is 19.1. The van der Waals surface area contributed by atoms with Crippen molar-refractivity contribution in [3.05, 3.63) is 0 Å². The summed E-state index contributed by atoms with van der Waals surface area (Å²) in [5, 5.41) is 10.1. The van der Waals surface area contributed by atoms with Crippen LogP contribution in [0, 0.1) is 0 Å². The number of methoxy groups -OCH3 is 1. The highest BCUT2D eigenvalue weighted by Gasteiger charge is 2.38. The van der Waals surface area contributed by atoms with Crippen molar-refractivity contribution in [1.82, 2.24) is 10.2 Å². The van der Waals surface area contributed by atoms with Crippen LogP contribution >= 0.6 is 0 Å². The number of carbonyl (C=O) groups excluding carboxylic acids is 2. The second kappa shape index (κ2) is 8.71. The van der Waals surface area contributed by atoms with E-state index in [-0.39, 0.29) is 12.5 Å². The smallest absolute Gasteiger partial charge is 0.475 e. The SMILES string of the molecule is COC(=O)C1CN(C(=O)OC(C)(C)C)CCN1.O=C(O)C(F)(F)F. The van der Waals surface area contributed by atoms with Crippen molar-refractivity contribution in [2.75, 3.05) is 26.7 Å². The molecule has 1 fully saturated rings. The van der Waals surface area contributed by atoms with E-state index in [0.29, 0.717) is 13.1 Å². The Kier molecular flexibility index (Phi) is 7.97.